The van der Waals surface area contributed by atoms with E-state index in [0.717, 1.165) is 30.7 Å². The monoisotopic (exact) mass is 391 g/mol. The Labute approximate surface area is 131 Å². The van der Waals surface area contributed by atoms with Crippen LogP contribution in [-0.2, 0) is 13.3 Å². The molecule has 18 heavy (non-hydrogen) atoms. The molecule has 0 rings (SSSR count). The van der Waals surface area contributed by atoms with Crippen LogP contribution in [0, 0.1) is 0 Å². The molecule has 1 atom stereocenters. The van der Waals surface area contributed by atoms with Gasteiger partial charge in [-0.15, -0.1) is 0 Å². The normalized spacial score (nSPS) is 14.2. The van der Waals surface area contributed by atoms with Crippen LogP contribution in [0.5, 0.6) is 0 Å². The van der Waals surface area contributed by atoms with Gasteiger partial charge in [0.25, 0.3) is 0 Å². The molecule has 0 N–H and O–H groups in total. The Bertz CT molecular complexity index is 195. The first-order chi connectivity index (χ1) is 7.99. The molecule has 0 radical (unpaired) electrons. The highest BCUT2D eigenvalue weighted by Crippen LogP contribution is 2.27. The summed E-state index contributed by atoms with van der Waals surface area (Å²) >= 11 is 0. The van der Waals surface area contributed by atoms with Crippen molar-refractivity contribution in [2.45, 2.75) is 33.2 Å². The van der Waals surface area contributed by atoms with E-state index in [1.54, 1.807) is 21.3 Å². The number of rotatable bonds is 9. The molecule has 0 amide bonds. The van der Waals surface area contributed by atoms with Gasteiger partial charge in [0.05, 0.1) is 31.7 Å². The van der Waals surface area contributed by atoms with Crippen molar-refractivity contribution in [1.29, 1.82) is 0 Å². The molecule has 0 heterocycles. The lowest BCUT2D eigenvalue weighted by Gasteiger charge is -2.40. The number of halogens is 1. The first-order valence-corrected chi connectivity index (χ1v) is 8.30. The quantitative estimate of drug-likeness (QED) is 0.291. The molecule has 0 fully saturated rings. The second-order valence-corrected chi connectivity index (χ2v) is 8.01. The molecule has 1 unspecified atom stereocenters. The molecule has 0 aliphatic heterocycles. The first-order valence-electron chi connectivity index (χ1n) is 6.50. The van der Waals surface area contributed by atoms with Crippen LogP contribution in [0.4, 0.5) is 0 Å². The van der Waals surface area contributed by atoms with Crippen LogP contribution >= 0.6 is 0 Å². The highest BCUT2D eigenvalue weighted by atomic mass is 127. The minimum absolute atomic E-state index is 0. The Morgan fingerprint density at radius 1 is 0.889 bits per heavy atom. The van der Waals surface area contributed by atoms with Crippen molar-refractivity contribution in [2.24, 2.45) is 0 Å². The highest BCUT2D eigenvalue weighted by molar-refractivity contribution is 6.62. The molecule has 0 aliphatic carbocycles. The third-order valence-electron chi connectivity index (χ3n) is 4.13. The smallest absolute Gasteiger partial charge is 0.508 e. The van der Waals surface area contributed by atoms with Crippen LogP contribution in [0.25, 0.3) is 0 Å². The average Bonchev–Trinajstić information content (AvgIpc) is 2.39. The van der Waals surface area contributed by atoms with Crippen LogP contribution in [0.2, 0.25) is 5.54 Å². The Morgan fingerprint density at radius 3 is 1.44 bits per heavy atom. The van der Waals surface area contributed by atoms with Crippen molar-refractivity contribution in [3.63, 3.8) is 0 Å². The van der Waals surface area contributed by atoms with Gasteiger partial charge in [-0.25, -0.2) is 0 Å². The summed E-state index contributed by atoms with van der Waals surface area (Å²) in [4.78, 5) is 0. The van der Waals surface area contributed by atoms with Gasteiger partial charge in [0, 0.05) is 21.3 Å². The van der Waals surface area contributed by atoms with Crippen molar-refractivity contribution in [3.8, 4) is 0 Å². The lowest BCUT2D eigenvalue weighted by atomic mass is 10.3. The lowest BCUT2D eigenvalue weighted by Crippen LogP contribution is -3.00. The van der Waals surface area contributed by atoms with Gasteiger partial charge in [0.1, 0.15) is 0 Å². The Kier molecular flexibility index (Phi) is 11.3. The summed E-state index contributed by atoms with van der Waals surface area (Å²) in [5.74, 6) is 0. The third kappa shape index (κ3) is 4.72. The molecule has 112 valence electrons. The average molecular weight is 391 g/mol. The van der Waals surface area contributed by atoms with Gasteiger partial charge in [0.2, 0.25) is 0 Å². The van der Waals surface area contributed by atoms with Gasteiger partial charge in [0.15, 0.2) is 0 Å². The van der Waals surface area contributed by atoms with Crippen LogP contribution in [0.1, 0.15) is 27.7 Å². The minimum Gasteiger partial charge on any atom is -1.00 e. The van der Waals surface area contributed by atoms with Crippen molar-refractivity contribution >= 4 is 8.80 Å². The molecule has 0 saturated carbocycles. The molecule has 4 nitrogen and oxygen atoms in total. The fourth-order valence-corrected chi connectivity index (χ4v) is 4.92. The second-order valence-electron chi connectivity index (χ2n) is 4.59. The molecule has 0 bridgehead atoms. The summed E-state index contributed by atoms with van der Waals surface area (Å²) in [5, 5.41) is 0. The number of nitrogens with zero attached hydrogens (tertiary/aromatic N) is 1. The van der Waals surface area contributed by atoms with E-state index in [2.05, 4.69) is 27.7 Å². The standard InChI is InChI=1S/C12H30NO3Si.HI/c1-8-13(9-2,10-3)11-12(4)17(14-5,15-6)16-7;/h12H,8-11H2,1-7H3;1H/q+1;/p-1. The summed E-state index contributed by atoms with van der Waals surface area (Å²) in [5.41, 5.74) is 0.308. The van der Waals surface area contributed by atoms with E-state index in [-0.39, 0.29) is 24.0 Å². The van der Waals surface area contributed by atoms with Crippen molar-refractivity contribution < 1.29 is 41.7 Å². The lowest BCUT2D eigenvalue weighted by molar-refractivity contribution is -0.923. The van der Waals surface area contributed by atoms with Crippen molar-refractivity contribution in [2.75, 3.05) is 47.5 Å². The van der Waals surface area contributed by atoms with E-state index in [1.165, 1.54) is 0 Å². The molecule has 0 aliphatic rings. The maximum Gasteiger partial charge on any atom is 0.508 e. The van der Waals surface area contributed by atoms with E-state index in [9.17, 15) is 0 Å². The fourth-order valence-electron chi connectivity index (χ4n) is 2.60. The van der Waals surface area contributed by atoms with Gasteiger partial charge < -0.3 is 41.7 Å². The summed E-state index contributed by atoms with van der Waals surface area (Å²) < 4.78 is 17.8. The molecule has 6 heteroatoms. The highest BCUT2D eigenvalue weighted by Gasteiger charge is 2.48. The predicted molar refractivity (Wildman–Crippen MR) is 73.0 cm³/mol. The zero-order valence-electron chi connectivity index (χ0n) is 13.0. The van der Waals surface area contributed by atoms with Gasteiger partial charge in [-0.05, 0) is 20.8 Å². The number of hydrogen-bond acceptors (Lipinski definition) is 3. The van der Waals surface area contributed by atoms with Crippen LogP contribution in [0.3, 0.4) is 0 Å². The fraction of sp³-hybridized carbons (Fsp3) is 1.00. The summed E-state index contributed by atoms with van der Waals surface area (Å²) in [6, 6.07) is 0. The molecular formula is C12H30INO3Si. The summed E-state index contributed by atoms with van der Waals surface area (Å²) in [6.07, 6.45) is 0. The SMILES string of the molecule is CC[N+](CC)(CC)CC(C)[Si](OC)(OC)OC.[I-]. The molecule has 0 spiro atoms. The van der Waals surface area contributed by atoms with Gasteiger partial charge in [-0.3, -0.25) is 0 Å². The largest absolute Gasteiger partial charge is 1.00 e. The van der Waals surface area contributed by atoms with Crippen molar-refractivity contribution in [1.82, 2.24) is 0 Å². The van der Waals surface area contributed by atoms with Crippen LogP contribution in [-0.4, -0.2) is 60.8 Å². The first kappa shape index (κ1) is 21.1. The van der Waals surface area contributed by atoms with Gasteiger partial charge in [-0.2, -0.15) is 0 Å². The van der Waals surface area contributed by atoms with E-state index in [1.807, 2.05) is 0 Å². The van der Waals surface area contributed by atoms with Gasteiger partial charge in [-0.1, -0.05) is 6.92 Å². The molecule has 0 aromatic carbocycles. The topological polar surface area (TPSA) is 27.7 Å². The summed E-state index contributed by atoms with van der Waals surface area (Å²) in [7, 11) is 2.57. The van der Waals surface area contributed by atoms with E-state index >= 15 is 0 Å². The zero-order chi connectivity index (χ0) is 13.5. The molecular weight excluding hydrogens is 361 g/mol. The van der Waals surface area contributed by atoms with Crippen molar-refractivity contribution in [3.05, 3.63) is 0 Å². The van der Waals surface area contributed by atoms with E-state index in [0.29, 0.717) is 5.54 Å². The summed E-state index contributed by atoms with van der Waals surface area (Å²) in [6.45, 7) is 13.4. The maximum atomic E-state index is 5.56. The Morgan fingerprint density at radius 2 is 1.22 bits per heavy atom. The van der Waals surface area contributed by atoms with Gasteiger partial charge >= 0.3 is 8.80 Å². The Balaban J connectivity index is 0. The number of hydrogen-bond donors (Lipinski definition) is 0. The molecule has 0 saturated heterocycles. The van der Waals surface area contributed by atoms with E-state index in [4.69, 9.17) is 13.3 Å². The molecule has 0 aromatic rings. The zero-order valence-corrected chi connectivity index (χ0v) is 16.1. The second kappa shape index (κ2) is 9.65. The van der Waals surface area contributed by atoms with Crippen LogP contribution in [0.15, 0.2) is 0 Å². The number of quaternary nitrogens is 1. The van der Waals surface area contributed by atoms with Crippen LogP contribution < -0.4 is 24.0 Å². The maximum absolute atomic E-state index is 5.56. The van der Waals surface area contributed by atoms with E-state index < -0.39 is 8.80 Å². The Hall–Kier alpha value is 0.787. The third-order valence-corrected chi connectivity index (χ3v) is 7.23. The minimum atomic E-state index is -2.50. The predicted octanol–water partition coefficient (Wildman–Crippen LogP) is -0.865. The molecule has 0 aromatic heterocycles.